The van der Waals surface area contributed by atoms with Crippen LogP contribution in [0.3, 0.4) is 0 Å². The molecule has 0 spiro atoms. The molecular weight excluding hydrogens is 253 g/mol. The molecule has 20 heavy (non-hydrogen) atoms. The van der Waals surface area contributed by atoms with Crippen molar-refractivity contribution < 1.29 is 5.11 Å². The summed E-state index contributed by atoms with van der Waals surface area (Å²) < 4.78 is 1.54. The summed E-state index contributed by atoms with van der Waals surface area (Å²) in [5, 5.41) is 31.4. The van der Waals surface area contributed by atoms with Gasteiger partial charge in [0, 0.05) is 0 Å². The number of rotatable bonds is 1. The molecule has 94 valence electrons. The van der Waals surface area contributed by atoms with Gasteiger partial charge in [0.1, 0.15) is 19.7 Å². The molecule has 0 aliphatic carbocycles. The summed E-state index contributed by atoms with van der Waals surface area (Å²) >= 11 is 0. The molecule has 7 heteroatoms. The molecule has 2 aromatic heterocycles. The van der Waals surface area contributed by atoms with E-state index in [2.05, 4.69) is 15.3 Å². The average Bonchev–Trinajstić information content (AvgIpc) is 2.77. The topological polar surface area (TPSA) is 87.6 Å². The van der Waals surface area contributed by atoms with E-state index in [0.717, 1.165) is 0 Å². The third kappa shape index (κ3) is 1.70. The van der Waals surface area contributed by atoms with E-state index >= 15 is 0 Å². The van der Waals surface area contributed by atoms with E-state index in [9.17, 15) is 5.11 Å². The number of aromatic nitrogens is 4. The predicted molar refractivity (Wildman–Crippen MR) is 73.2 cm³/mol. The number of benzene rings is 1. The SMILES string of the molecule is [B]c1cc(-n2nc(C)c3c(O)cccc32)nnc1C#N. The lowest BCUT2D eigenvalue weighted by atomic mass is 9.95. The fourth-order valence-corrected chi connectivity index (χ4v) is 2.09. The smallest absolute Gasteiger partial charge is 0.175 e. The van der Waals surface area contributed by atoms with Crippen molar-refractivity contribution in [2.75, 3.05) is 0 Å². The average molecular weight is 261 g/mol. The van der Waals surface area contributed by atoms with Crippen molar-refractivity contribution >= 4 is 24.2 Å². The van der Waals surface area contributed by atoms with E-state index in [1.807, 2.05) is 12.1 Å². The van der Waals surface area contributed by atoms with Crippen LogP contribution in [-0.2, 0) is 0 Å². The zero-order chi connectivity index (χ0) is 14.3. The van der Waals surface area contributed by atoms with Gasteiger partial charge in [0.2, 0.25) is 0 Å². The largest absolute Gasteiger partial charge is 0.507 e. The summed E-state index contributed by atoms with van der Waals surface area (Å²) in [6.07, 6.45) is 0. The monoisotopic (exact) mass is 261 g/mol. The fraction of sp³-hybridized carbons (Fsp3) is 0.0769. The lowest BCUT2D eigenvalue weighted by Gasteiger charge is -2.03. The van der Waals surface area contributed by atoms with Crippen LogP contribution in [0.15, 0.2) is 24.3 Å². The third-order valence-corrected chi connectivity index (χ3v) is 2.99. The van der Waals surface area contributed by atoms with Crippen molar-refractivity contribution in [1.29, 1.82) is 5.26 Å². The Bertz CT molecular complexity index is 865. The number of phenols is 1. The molecule has 3 rings (SSSR count). The van der Waals surface area contributed by atoms with Gasteiger partial charge in [-0.2, -0.15) is 10.4 Å². The van der Waals surface area contributed by atoms with Gasteiger partial charge in [0.05, 0.1) is 16.6 Å². The molecule has 0 bridgehead atoms. The maximum absolute atomic E-state index is 9.89. The number of aryl methyl sites for hydroxylation is 1. The van der Waals surface area contributed by atoms with Gasteiger partial charge in [-0.1, -0.05) is 11.5 Å². The summed E-state index contributed by atoms with van der Waals surface area (Å²) in [5.41, 5.74) is 1.67. The van der Waals surface area contributed by atoms with Gasteiger partial charge in [-0.25, -0.2) is 4.68 Å². The second-order valence-corrected chi connectivity index (χ2v) is 4.29. The summed E-state index contributed by atoms with van der Waals surface area (Å²) in [7, 11) is 5.73. The Hall–Kier alpha value is -2.88. The number of nitriles is 1. The van der Waals surface area contributed by atoms with Gasteiger partial charge in [-0.3, -0.25) is 0 Å². The summed E-state index contributed by atoms with van der Waals surface area (Å²) in [6, 6.07) is 8.51. The van der Waals surface area contributed by atoms with Crippen LogP contribution >= 0.6 is 0 Å². The van der Waals surface area contributed by atoms with Crippen molar-refractivity contribution in [2.45, 2.75) is 6.92 Å². The van der Waals surface area contributed by atoms with Crippen LogP contribution in [0.25, 0.3) is 16.7 Å². The first kappa shape index (κ1) is 12.2. The molecule has 1 N–H and O–H groups in total. The van der Waals surface area contributed by atoms with E-state index in [-0.39, 0.29) is 16.9 Å². The normalized spacial score (nSPS) is 10.6. The van der Waals surface area contributed by atoms with Crippen LogP contribution in [-0.4, -0.2) is 32.9 Å². The maximum atomic E-state index is 9.89. The minimum atomic E-state index is 0.0739. The number of nitrogens with zero attached hydrogens (tertiary/aromatic N) is 5. The zero-order valence-electron chi connectivity index (χ0n) is 10.6. The van der Waals surface area contributed by atoms with Crippen molar-refractivity contribution in [3.05, 3.63) is 35.7 Å². The minimum Gasteiger partial charge on any atom is -0.507 e. The Morgan fingerprint density at radius 1 is 1.35 bits per heavy atom. The quantitative estimate of drug-likeness (QED) is 0.644. The Morgan fingerprint density at radius 2 is 2.15 bits per heavy atom. The van der Waals surface area contributed by atoms with Gasteiger partial charge >= 0.3 is 0 Å². The molecule has 3 aromatic rings. The molecular formula is C13H8BN5O. The van der Waals surface area contributed by atoms with E-state index < -0.39 is 0 Å². The van der Waals surface area contributed by atoms with E-state index in [4.69, 9.17) is 13.1 Å². The molecule has 0 aliphatic heterocycles. The van der Waals surface area contributed by atoms with Crippen molar-refractivity contribution in [1.82, 2.24) is 20.0 Å². The van der Waals surface area contributed by atoms with Crippen LogP contribution in [0.2, 0.25) is 0 Å². The van der Waals surface area contributed by atoms with Gasteiger partial charge < -0.3 is 5.11 Å². The van der Waals surface area contributed by atoms with Crippen LogP contribution in [0, 0.1) is 18.3 Å². The minimum absolute atomic E-state index is 0.0739. The second kappa shape index (κ2) is 4.35. The fourth-order valence-electron chi connectivity index (χ4n) is 2.09. The molecule has 0 unspecified atom stereocenters. The van der Waals surface area contributed by atoms with Gasteiger partial charge in [-0.05, 0) is 25.1 Å². The number of hydrogen-bond donors (Lipinski definition) is 1. The Labute approximate surface area is 115 Å². The van der Waals surface area contributed by atoms with Gasteiger partial charge in [0.25, 0.3) is 0 Å². The second-order valence-electron chi connectivity index (χ2n) is 4.29. The molecule has 0 aliphatic rings. The molecule has 2 heterocycles. The van der Waals surface area contributed by atoms with Crippen molar-refractivity contribution in [3.63, 3.8) is 0 Å². The highest BCUT2D eigenvalue weighted by Crippen LogP contribution is 2.28. The highest BCUT2D eigenvalue weighted by atomic mass is 16.3. The molecule has 6 nitrogen and oxygen atoms in total. The molecule has 0 saturated carbocycles. The van der Waals surface area contributed by atoms with Crippen LogP contribution in [0.4, 0.5) is 0 Å². The van der Waals surface area contributed by atoms with Crippen LogP contribution < -0.4 is 5.46 Å². The van der Waals surface area contributed by atoms with Crippen molar-refractivity contribution in [3.8, 4) is 17.6 Å². The number of phenolic OH excluding ortho intramolecular Hbond substituents is 1. The predicted octanol–water partition coefficient (Wildman–Crippen LogP) is 0.495. The maximum Gasteiger partial charge on any atom is 0.175 e. The molecule has 0 saturated heterocycles. The summed E-state index contributed by atoms with van der Waals surface area (Å²) in [4.78, 5) is 0. The Kier molecular flexibility index (Phi) is 2.65. The third-order valence-electron chi connectivity index (χ3n) is 2.99. The zero-order valence-corrected chi connectivity index (χ0v) is 10.6. The lowest BCUT2D eigenvalue weighted by molar-refractivity contribution is 0.481. The van der Waals surface area contributed by atoms with E-state index in [0.29, 0.717) is 22.4 Å². The molecule has 0 atom stereocenters. The van der Waals surface area contributed by atoms with Crippen molar-refractivity contribution in [2.24, 2.45) is 0 Å². The Balaban J connectivity index is 2.28. The lowest BCUT2D eigenvalue weighted by Crippen LogP contribution is -2.15. The molecule has 1 aromatic carbocycles. The first-order chi connectivity index (χ1) is 9.61. The van der Waals surface area contributed by atoms with E-state index in [1.54, 1.807) is 19.1 Å². The Morgan fingerprint density at radius 3 is 2.85 bits per heavy atom. The standard InChI is InChI=1S/C13H8BN5O/c1-7-13-10(3-2-4-11(13)20)19(18-7)12-5-8(14)9(6-15)16-17-12/h2-5,20H,1H3. The first-order valence-electron chi connectivity index (χ1n) is 5.83. The van der Waals surface area contributed by atoms with Crippen LogP contribution in [0.5, 0.6) is 5.75 Å². The molecule has 0 amide bonds. The van der Waals surface area contributed by atoms with Gasteiger partial charge in [0.15, 0.2) is 11.5 Å². The van der Waals surface area contributed by atoms with Crippen LogP contribution in [0.1, 0.15) is 11.4 Å². The number of aromatic hydroxyl groups is 1. The summed E-state index contributed by atoms with van der Waals surface area (Å²) in [6.45, 7) is 1.79. The molecule has 2 radical (unpaired) electrons. The highest BCUT2D eigenvalue weighted by Gasteiger charge is 2.14. The highest BCUT2D eigenvalue weighted by molar-refractivity contribution is 6.33. The number of fused-ring (bicyclic) bond motifs is 1. The van der Waals surface area contributed by atoms with E-state index in [1.165, 1.54) is 10.7 Å². The van der Waals surface area contributed by atoms with Gasteiger partial charge in [-0.15, -0.1) is 10.2 Å². The summed E-state index contributed by atoms with van der Waals surface area (Å²) in [5.74, 6) is 0.547. The first-order valence-corrected chi connectivity index (χ1v) is 5.83. The number of hydrogen-bond acceptors (Lipinski definition) is 5. The molecule has 0 fully saturated rings.